The molecule has 0 aliphatic rings. The molecule has 0 fully saturated rings. The Balaban J connectivity index is 2.16. The minimum Gasteiger partial charge on any atom is -0.354 e. The third-order valence-corrected chi connectivity index (χ3v) is 6.38. The molecule has 2 rings (SSSR count). The van der Waals surface area contributed by atoms with Crippen LogP contribution in [0.15, 0.2) is 47.4 Å². The zero-order valence-corrected chi connectivity index (χ0v) is 18.3. The fourth-order valence-electron chi connectivity index (χ4n) is 2.45. The molecule has 0 aliphatic heterocycles. The first-order valence-electron chi connectivity index (χ1n) is 9.14. The molecule has 30 heavy (non-hydrogen) atoms. The van der Waals surface area contributed by atoms with Crippen LogP contribution in [0.4, 0.5) is 10.1 Å². The number of anilines is 1. The van der Waals surface area contributed by atoms with Gasteiger partial charge in [-0.05, 0) is 42.5 Å². The van der Waals surface area contributed by atoms with Gasteiger partial charge >= 0.3 is 0 Å². The van der Waals surface area contributed by atoms with Crippen molar-refractivity contribution < 1.29 is 22.4 Å². The second-order valence-electron chi connectivity index (χ2n) is 6.79. The van der Waals surface area contributed by atoms with Gasteiger partial charge in [-0.25, -0.2) is 12.8 Å². The highest BCUT2D eigenvalue weighted by molar-refractivity contribution is 7.92. The quantitative estimate of drug-likeness (QED) is 0.598. The number of hydrogen-bond donors (Lipinski definition) is 2. The number of carbonyl (C=O) groups is 2. The van der Waals surface area contributed by atoms with Crippen LogP contribution >= 0.6 is 11.6 Å². The summed E-state index contributed by atoms with van der Waals surface area (Å²) in [7, 11) is -2.68. The lowest BCUT2D eigenvalue weighted by atomic mass is 10.2. The van der Waals surface area contributed by atoms with E-state index in [1.165, 1.54) is 37.4 Å². The lowest BCUT2D eigenvalue weighted by Crippen LogP contribution is -2.36. The van der Waals surface area contributed by atoms with Crippen molar-refractivity contribution in [3.05, 3.63) is 58.9 Å². The molecule has 2 aromatic carbocycles. The highest BCUT2D eigenvalue weighted by Crippen LogP contribution is 2.26. The van der Waals surface area contributed by atoms with E-state index in [-0.39, 0.29) is 46.1 Å². The minimum absolute atomic E-state index is 0.0135. The summed E-state index contributed by atoms with van der Waals surface area (Å²) >= 11 is 6.08. The van der Waals surface area contributed by atoms with E-state index in [0.29, 0.717) is 0 Å². The van der Waals surface area contributed by atoms with Crippen molar-refractivity contribution in [2.45, 2.75) is 18.7 Å². The Morgan fingerprint density at radius 3 is 2.27 bits per heavy atom. The van der Waals surface area contributed by atoms with Crippen LogP contribution in [0.1, 0.15) is 24.2 Å². The van der Waals surface area contributed by atoms with E-state index in [9.17, 15) is 22.4 Å². The molecule has 0 unspecified atom stereocenters. The van der Waals surface area contributed by atoms with Crippen LogP contribution in [0.3, 0.4) is 0 Å². The lowest BCUT2D eigenvalue weighted by molar-refractivity contribution is -0.123. The Morgan fingerprint density at radius 1 is 1.07 bits per heavy atom. The molecule has 2 amide bonds. The molecule has 7 nitrogen and oxygen atoms in total. The smallest absolute Gasteiger partial charge is 0.264 e. The van der Waals surface area contributed by atoms with Gasteiger partial charge in [0.25, 0.3) is 15.9 Å². The molecule has 0 saturated heterocycles. The molecule has 0 aliphatic carbocycles. The normalized spacial score (nSPS) is 11.3. The summed E-state index contributed by atoms with van der Waals surface area (Å²) in [4.78, 5) is 23.8. The van der Waals surface area contributed by atoms with Crippen molar-refractivity contribution in [3.63, 3.8) is 0 Å². The van der Waals surface area contributed by atoms with Crippen molar-refractivity contribution in [2.24, 2.45) is 5.92 Å². The summed E-state index contributed by atoms with van der Waals surface area (Å²) in [5.41, 5.74) is 0.249. The van der Waals surface area contributed by atoms with E-state index < -0.39 is 21.7 Å². The van der Waals surface area contributed by atoms with Gasteiger partial charge in [0.2, 0.25) is 5.91 Å². The first-order valence-corrected chi connectivity index (χ1v) is 11.0. The van der Waals surface area contributed by atoms with Gasteiger partial charge in [-0.2, -0.15) is 0 Å². The fourth-order valence-corrected chi connectivity index (χ4v) is 3.87. The van der Waals surface area contributed by atoms with E-state index in [1.54, 1.807) is 13.8 Å². The molecule has 0 radical (unpaired) electrons. The van der Waals surface area contributed by atoms with Crippen molar-refractivity contribution in [1.82, 2.24) is 10.6 Å². The molecule has 2 aromatic rings. The number of rotatable bonds is 8. The second-order valence-corrected chi connectivity index (χ2v) is 9.17. The average molecular weight is 456 g/mol. The van der Waals surface area contributed by atoms with Crippen molar-refractivity contribution in [1.29, 1.82) is 0 Å². The number of nitrogens with zero attached hydrogens (tertiary/aromatic N) is 1. The van der Waals surface area contributed by atoms with Crippen LogP contribution in [0.5, 0.6) is 0 Å². The van der Waals surface area contributed by atoms with Crippen molar-refractivity contribution in [2.75, 3.05) is 24.4 Å². The summed E-state index contributed by atoms with van der Waals surface area (Å²) in [6.07, 6.45) is 0. The van der Waals surface area contributed by atoms with Gasteiger partial charge in [0.15, 0.2) is 0 Å². The Morgan fingerprint density at radius 2 is 1.67 bits per heavy atom. The van der Waals surface area contributed by atoms with Crippen LogP contribution in [0, 0.1) is 11.7 Å². The molecule has 2 N–H and O–H groups in total. The molecular weight excluding hydrogens is 433 g/mol. The molecular formula is C20H23ClFN3O4S. The number of benzene rings is 2. The highest BCUT2D eigenvalue weighted by atomic mass is 35.5. The van der Waals surface area contributed by atoms with E-state index in [1.807, 2.05) is 0 Å². The summed E-state index contributed by atoms with van der Waals surface area (Å²) in [6, 6.07) is 8.77. The maximum atomic E-state index is 13.1. The average Bonchev–Trinajstić information content (AvgIpc) is 2.70. The number of amides is 2. The summed E-state index contributed by atoms with van der Waals surface area (Å²) in [6.45, 7) is 3.89. The van der Waals surface area contributed by atoms with E-state index in [4.69, 9.17) is 11.6 Å². The van der Waals surface area contributed by atoms with Crippen molar-refractivity contribution >= 4 is 39.1 Å². The summed E-state index contributed by atoms with van der Waals surface area (Å²) in [5.74, 6) is -1.37. The predicted octanol–water partition coefficient (Wildman–Crippen LogP) is 2.81. The van der Waals surface area contributed by atoms with Gasteiger partial charge in [0.1, 0.15) is 5.82 Å². The topological polar surface area (TPSA) is 95.6 Å². The van der Waals surface area contributed by atoms with Gasteiger partial charge in [-0.15, -0.1) is 0 Å². The number of nitrogens with one attached hydrogen (secondary N) is 2. The van der Waals surface area contributed by atoms with Crippen LogP contribution in [0.25, 0.3) is 0 Å². The third kappa shape index (κ3) is 5.70. The lowest BCUT2D eigenvalue weighted by Gasteiger charge is -2.20. The Hall–Kier alpha value is -2.65. The highest BCUT2D eigenvalue weighted by Gasteiger charge is 2.24. The molecule has 0 bridgehead atoms. The first-order chi connectivity index (χ1) is 14.0. The van der Waals surface area contributed by atoms with E-state index in [0.717, 1.165) is 16.4 Å². The number of hydrogen-bond acceptors (Lipinski definition) is 4. The van der Waals surface area contributed by atoms with Crippen LogP contribution in [0.2, 0.25) is 5.02 Å². The van der Waals surface area contributed by atoms with E-state index >= 15 is 0 Å². The van der Waals surface area contributed by atoms with Crippen LogP contribution < -0.4 is 14.9 Å². The predicted molar refractivity (Wildman–Crippen MR) is 114 cm³/mol. The van der Waals surface area contributed by atoms with Gasteiger partial charge < -0.3 is 10.6 Å². The third-order valence-electron chi connectivity index (χ3n) is 4.27. The van der Waals surface area contributed by atoms with Gasteiger partial charge in [0.05, 0.1) is 21.2 Å². The largest absolute Gasteiger partial charge is 0.354 e. The number of halogens is 2. The van der Waals surface area contributed by atoms with Gasteiger partial charge in [-0.3, -0.25) is 13.9 Å². The standard InChI is InChI=1S/C20H23ClFN3O4S/c1-13(2)19(26)23-10-11-24-20(27)17-12-16(8-9-18(17)21)30(28,29)25(3)15-6-4-14(22)5-7-15/h4-9,12-13H,10-11H2,1-3H3,(H,23,26)(H,24,27). The zero-order chi connectivity index (χ0) is 22.5. The maximum absolute atomic E-state index is 13.1. The van der Waals surface area contributed by atoms with Crippen molar-refractivity contribution in [3.8, 4) is 0 Å². The molecule has 0 heterocycles. The SMILES string of the molecule is CC(C)C(=O)NCCNC(=O)c1cc(S(=O)(=O)N(C)c2ccc(F)cc2)ccc1Cl. The Labute approximate surface area is 180 Å². The molecule has 0 aromatic heterocycles. The van der Waals surface area contributed by atoms with Crippen LogP contribution in [-0.4, -0.2) is 40.4 Å². The van der Waals surface area contributed by atoms with Crippen LogP contribution in [-0.2, 0) is 14.8 Å². The Kier molecular flexibility index (Phi) is 7.80. The Bertz CT molecular complexity index is 1030. The number of carbonyl (C=O) groups excluding carboxylic acids is 2. The summed E-state index contributed by atoms with van der Waals surface area (Å²) in [5, 5.41) is 5.34. The van der Waals surface area contributed by atoms with Gasteiger partial charge in [-0.1, -0.05) is 25.4 Å². The molecule has 0 saturated carbocycles. The molecule has 0 spiro atoms. The minimum atomic E-state index is -4.01. The maximum Gasteiger partial charge on any atom is 0.264 e. The van der Waals surface area contributed by atoms with Gasteiger partial charge in [0, 0.05) is 26.1 Å². The molecule has 162 valence electrons. The summed E-state index contributed by atoms with van der Waals surface area (Å²) < 4.78 is 39.9. The number of sulfonamides is 1. The first kappa shape index (κ1) is 23.6. The molecule has 0 atom stereocenters. The zero-order valence-electron chi connectivity index (χ0n) is 16.8. The second kappa shape index (κ2) is 9.90. The monoisotopic (exact) mass is 455 g/mol. The fraction of sp³-hybridized carbons (Fsp3) is 0.300. The molecule has 10 heteroatoms. The van der Waals surface area contributed by atoms with E-state index in [2.05, 4.69) is 10.6 Å².